The zero-order valence-corrected chi connectivity index (χ0v) is 6.02. The predicted octanol–water partition coefficient (Wildman–Crippen LogP) is 2.50. The summed E-state index contributed by atoms with van der Waals surface area (Å²) in [4.78, 5) is 0. The summed E-state index contributed by atoms with van der Waals surface area (Å²) < 4.78 is 5.12. The molecule has 1 nitrogen and oxygen atoms in total. The van der Waals surface area contributed by atoms with Crippen molar-refractivity contribution in [3.63, 3.8) is 0 Å². The third kappa shape index (κ3) is 5.15. The van der Waals surface area contributed by atoms with Gasteiger partial charge in [0.2, 0.25) is 0 Å². The summed E-state index contributed by atoms with van der Waals surface area (Å²) >= 11 is 0. The van der Waals surface area contributed by atoms with Gasteiger partial charge in [0.25, 0.3) is 0 Å². The second-order valence-electron chi connectivity index (χ2n) is 1.89. The Bertz CT molecular complexity index is 94.7. The monoisotopic (exact) mass is 126 g/mol. The molecule has 0 bridgehead atoms. The van der Waals surface area contributed by atoms with E-state index in [0.29, 0.717) is 6.61 Å². The van der Waals surface area contributed by atoms with E-state index < -0.39 is 0 Å². The molecule has 0 aromatic carbocycles. The van der Waals surface area contributed by atoms with Gasteiger partial charge in [-0.3, -0.25) is 0 Å². The van der Waals surface area contributed by atoms with E-state index in [1.165, 1.54) is 0 Å². The average molecular weight is 126 g/mol. The normalized spacial score (nSPS) is 8.56. The minimum absolute atomic E-state index is 0.582. The van der Waals surface area contributed by atoms with Gasteiger partial charge in [-0.05, 0) is 6.42 Å². The number of ether oxygens (including phenoxy) is 1. The van der Waals surface area contributed by atoms with Gasteiger partial charge in [-0.2, -0.15) is 0 Å². The Morgan fingerprint density at radius 2 is 2.33 bits per heavy atom. The summed E-state index contributed by atoms with van der Waals surface area (Å²) in [5.41, 5.74) is 0. The van der Waals surface area contributed by atoms with Crippen LogP contribution in [0.1, 0.15) is 19.8 Å². The number of hydrogen-bond acceptors (Lipinski definition) is 1. The van der Waals surface area contributed by atoms with Crippen molar-refractivity contribution < 1.29 is 4.74 Å². The number of allylic oxidation sites excluding steroid dienone is 1. The van der Waals surface area contributed by atoms with Crippen molar-refractivity contribution in [1.29, 1.82) is 0 Å². The fraction of sp³-hybridized carbons (Fsp3) is 0.500. The molecule has 0 rings (SSSR count). The van der Waals surface area contributed by atoms with Crippen LogP contribution in [0.3, 0.4) is 0 Å². The van der Waals surface area contributed by atoms with E-state index >= 15 is 0 Å². The van der Waals surface area contributed by atoms with Crippen LogP contribution in [-0.2, 0) is 4.74 Å². The van der Waals surface area contributed by atoms with Crippen molar-refractivity contribution in [2.75, 3.05) is 6.61 Å². The van der Waals surface area contributed by atoms with Crippen LogP contribution in [0, 0.1) is 0 Å². The van der Waals surface area contributed by atoms with Crippen LogP contribution in [0.15, 0.2) is 25.0 Å². The first-order chi connectivity index (χ1) is 4.31. The maximum atomic E-state index is 5.12. The van der Waals surface area contributed by atoms with E-state index in [-0.39, 0.29) is 0 Å². The standard InChI is InChI=1S/C8H14O/c1-4-6-8(3)9-7-5-2/h5H,2-4,6-7H2,1H3. The Kier molecular flexibility index (Phi) is 4.98. The Balaban J connectivity index is 3.16. The summed E-state index contributed by atoms with van der Waals surface area (Å²) in [5, 5.41) is 0. The molecule has 0 aromatic heterocycles. The van der Waals surface area contributed by atoms with Crippen LogP contribution in [0.4, 0.5) is 0 Å². The van der Waals surface area contributed by atoms with Gasteiger partial charge in [0.05, 0.1) is 5.76 Å². The van der Waals surface area contributed by atoms with E-state index in [2.05, 4.69) is 20.1 Å². The Hall–Kier alpha value is -0.720. The molecule has 0 aliphatic carbocycles. The Labute approximate surface area is 57.0 Å². The van der Waals surface area contributed by atoms with Crippen molar-refractivity contribution in [2.24, 2.45) is 0 Å². The zero-order chi connectivity index (χ0) is 7.11. The second-order valence-corrected chi connectivity index (χ2v) is 1.89. The van der Waals surface area contributed by atoms with Crippen LogP contribution in [0.5, 0.6) is 0 Å². The summed E-state index contributed by atoms with van der Waals surface area (Å²) in [7, 11) is 0. The second kappa shape index (κ2) is 5.42. The first kappa shape index (κ1) is 8.28. The molecule has 52 valence electrons. The molecule has 0 amide bonds. The highest BCUT2D eigenvalue weighted by atomic mass is 16.5. The van der Waals surface area contributed by atoms with Gasteiger partial charge in [0, 0.05) is 6.42 Å². The molecule has 9 heavy (non-hydrogen) atoms. The van der Waals surface area contributed by atoms with Gasteiger partial charge < -0.3 is 4.74 Å². The highest BCUT2D eigenvalue weighted by Gasteiger charge is 1.88. The van der Waals surface area contributed by atoms with E-state index in [4.69, 9.17) is 4.74 Å². The van der Waals surface area contributed by atoms with Gasteiger partial charge in [0.15, 0.2) is 0 Å². The Morgan fingerprint density at radius 3 is 2.78 bits per heavy atom. The number of rotatable bonds is 5. The SMILES string of the molecule is C=CCOC(=C)CCC. The van der Waals surface area contributed by atoms with E-state index in [1.807, 2.05) is 0 Å². The molecule has 0 aliphatic heterocycles. The third-order valence-corrected chi connectivity index (χ3v) is 0.934. The zero-order valence-electron chi connectivity index (χ0n) is 6.02. The highest BCUT2D eigenvalue weighted by Crippen LogP contribution is 2.02. The summed E-state index contributed by atoms with van der Waals surface area (Å²) in [5.74, 6) is 0.859. The molecule has 0 N–H and O–H groups in total. The number of hydrogen-bond donors (Lipinski definition) is 0. The molecule has 0 fully saturated rings. The molecule has 0 radical (unpaired) electrons. The molecule has 0 spiro atoms. The lowest BCUT2D eigenvalue weighted by Gasteiger charge is -2.03. The van der Waals surface area contributed by atoms with Crippen molar-refractivity contribution in [3.8, 4) is 0 Å². The maximum absolute atomic E-state index is 5.12. The predicted molar refractivity (Wildman–Crippen MR) is 40.2 cm³/mol. The van der Waals surface area contributed by atoms with Crippen molar-refractivity contribution in [2.45, 2.75) is 19.8 Å². The van der Waals surface area contributed by atoms with Crippen LogP contribution in [0.25, 0.3) is 0 Å². The molecule has 0 heterocycles. The van der Waals surface area contributed by atoms with Crippen molar-refractivity contribution >= 4 is 0 Å². The lowest BCUT2D eigenvalue weighted by atomic mass is 10.3. The van der Waals surface area contributed by atoms with Crippen molar-refractivity contribution in [3.05, 3.63) is 25.0 Å². The third-order valence-electron chi connectivity index (χ3n) is 0.934. The molecule has 1 heteroatoms. The maximum Gasteiger partial charge on any atom is 0.106 e. The molecule has 0 atom stereocenters. The highest BCUT2D eigenvalue weighted by molar-refractivity contribution is 4.83. The average Bonchev–Trinajstić information content (AvgIpc) is 1.85. The first-order valence-corrected chi connectivity index (χ1v) is 3.22. The lowest BCUT2D eigenvalue weighted by Crippen LogP contribution is -1.89. The van der Waals surface area contributed by atoms with Crippen LogP contribution < -0.4 is 0 Å². The van der Waals surface area contributed by atoms with Gasteiger partial charge in [-0.25, -0.2) is 0 Å². The summed E-state index contributed by atoms with van der Waals surface area (Å²) in [6, 6.07) is 0. The van der Waals surface area contributed by atoms with E-state index in [1.54, 1.807) is 6.08 Å². The molecule has 0 saturated carbocycles. The van der Waals surface area contributed by atoms with Gasteiger partial charge in [-0.1, -0.05) is 26.2 Å². The minimum Gasteiger partial charge on any atom is -0.495 e. The minimum atomic E-state index is 0.582. The lowest BCUT2D eigenvalue weighted by molar-refractivity contribution is 0.237. The molecule has 0 aliphatic rings. The molecule has 0 unspecified atom stereocenters. The smallest absolute Gasteiger partial charge is 0.106 e. The van der Waals surface area contributed by atoms with Crippen molar-refractivity contribution in [1.82, 2.24) is 0 Å². The van der Waals surface area contributed by atoms with Gasteiger partial charge >= 0.3 is 0 Å². The van der Waals surface area contributed by atoms with Crippen LogP contribution >= 0.6 is 0 Å². The molecule has 0 aromatic rings. The first-order valence-electron chi connectivity index (χ1n) is 3.22. The fourth-order valence-electron chi connectivity index (χ4n) is 0.528. The van der Waals surface area contributed by atoms with Gasteiger partial charge in [-0.15, -0.1) is 0 Å². The van der Waals surface area contributed by atoms with Crippen LogP contribution in [-0.4, -0.2) is 6.61 Å². The van der Waals surface area contributed by atoms with E-state index in [0.717, 1.165) is 18.6 Å². The topological polar surface area (TPSA) is 9.23 Å². The summed E-state index contributed by atoms with van der Waals surface area (Å²) in [6.45, 7) is 9.92. The summed E-state index contributed by atoms with van der Waals surface area (Å²) in [6.07, 6.45) is 3.77. The molecular formula is C8H14O. The van der Waals surface area contributed by atoms with E-state index in [9.17, 15) is 0 Å². The quantitative estimate of drug-likeness (QED) is 0.406. The largest absolute Gasteiger partial charge is 0.495 e. The Morgan fingerprint density at radius 1 is 1.67 bits per heavy atom. The molecular weight excluding hydrogens is 112 g/mol. The molecule has 0 saturated heterocycles. The van der Waals surface area contributed by atoms with Gasteiger partial charge in [0.1, 0.15) is 6.61 Å². The fourth-order valence-corrected chi connectivity index (χ4v) is 0.528. The van der Waals surface area contributed by atoms with Crippen LogP contribution in [0.2, 0.25) is 0 Å².